The fraction of sp³-hybridized carbons (Fsp3) is 0.529. The summed E-state index contributed by atoms with van der Waals surface area (Å²) in [6.07, 6.45) is 5.99. The van der Waals surface area contributed by atoms with Crippen LogP contribution in [0.5, 0.6) is 0 Å². The number of rotatable bonds is 2. The van der Waals surface area contributed by atoms with Gasteiger partial charge in [-0.25, -0.2) is 0 Å². The molecule has 3 atom stereocenters. The lowest BCUT2D eigenvalue weighted by Crippen LogP contribution is -2.50. The van der Waals surface area contributed by atoms with Gasteiger partial charge in [-0.2, -0.15) is 0 Å². The van der Waals surface area contributed by atoms with Crippen molar-refractivity contribution < 1.29 is 0 Å². The van der Waals surface area contributed by atoms with Crippen LogP contribution >= 0.6 is 11.6 Å². The van der Waals surface area contributed by atoms with Gasteiger partial charge in [-0.3, -0.25) is 4.90 Å². The Balaban J connectivity index is 1.88. The van der Waals surface area contributed by atoms with Crippen molar-refractivity contribution in [2.75, 3.05) is 13.1 Å². The molecule has 0 N–H and O–H groups in total. The molecule has 2 aliphatic rings. The van der Waals surface area contributed by atoms with Crippen LogP contribution in [0.15, 0.2) is 35.9 Å². The summed E-state index contributed by atoms with van der Waals surface area (Å²) in [7, 11) is 0. The molecule has 102 valence electrons. The molecular weight excluding hydrogens is 254 g/mol. The van der Waals surface area contributed by atoms with Crippen LogP contribution in [0.4, 0.5) is 0 Å². The predicted octanol–water partition coefficient (Wildman–Crippen LogP) is 4.18. The van der Waals surface area contributed by atoms with Crippen LogP contribution in [0.3, 0.4) is 0 Å². The Morgan fingerprint density at radius 2 is 2.21 bits per heavy atom. The van der Waals surface area contributed by atoms with Crippen LogP contribution in [0.2, 0.25) is 0 Å². The van der Waals surface area contributed by atoms with Crippen LogP contribution in [0.25, 0.3) is 0 Å². The number of hydrogen-bond donors (Lipinski definition) is 0. The van der Waals surface area contributed by atoms with E-state index in [4.69, 9.17) is 11.6 Å². The van der Waals surface area contributed by atoms with Gasteiger partial charge in [0.2, 0.25) is 0 Å². The van der Waals surface area contributed by atoms with E-state index in [0.29, 0.717) is 12.0 Å². The fourth-order valence-electron chi connectivity index (χ4n) is 4.04. The maximum Gasteiger partial charge on any atom is 0.0177 e. The molecule has 19 heavy (non-hydrogen) atoms. The van der Waals surface area contributed by atoms with Gasteiger partial charge in [0.05, 0.1) is 0 Å². The van der Waals surface area contributed by atoms with E-state index in [2.05, 4.69) is 42.2 Å². The Hall–Kier alpha value is -0.790. The first kappa shape index (κ1) is 13.2. The first-order valence-corrected chi connectivity index (χ1v) is 7.82. The van der Waals surface area contributed by atoms with E-state index < -0.39 is 0 Å². The first-order valence-electron chi connectivity index (χ1n) is 7.38. The van der Waals surface area contributed by atoms with Gasteiger partial charge < -0.3 is 0 Å². The highest BCUT2D eigenvalue weighted by molar-refractivity contribution is 6.25. The molecule has 0 amide bonds. The summed E-state index contributed by atoms with van der Waals surface area (Å²) in [5.41, 5.74) is 4.79. The second kappa shape index (κ2) is 5.68. The van der Waals surface area contributed by atoms with Gasteiger partial charge in [-0.1, -0.05) is 48.9 Å². The lowest BCUT2D eigenvalue weighted by molar-refractivity contribution is 0.0830. The number of hydrogen-bond acceptors (Lipinski definition) is 1. The number of likely N-dealkylation sites (tertiary alicyclic amines) is 1. The molecule has 1 fully saturated rings. The number of benzene rings is 1. The van der Waals surface area contributed by atoms with Crippen molar-refractivity contribution in [3.8, 4) is 0 Å². The highest BCUT2D eigenvalue weighted by atomic mass is 35.5. The normalized spacial score (nSPS) is 31.2. The zero-order valence-electron chi connectivity index (χ0n) is 11.6. The molecule has 0 saturated carbocycles. The standard InChI is InChI=1S/C17H22ClN/c1-13-15-7-3-2-6-14(15)12-17-16(13)8-4-10-19(17)11-5-9-18/h2-3,5-7,9,13,16-17H,4,8,10-12H2,1H3/t13-,16?,17?/m1/s1. The van der Waals surface area contributed by atoms with Crippen molar-refractivity contribution in [2.45, 2.75) is 38.1 Å². The van der Waals surface area contributed by atoms with E-state index >= 15 is 0 Å². The minimum Gasteiger partial charge on any atom is -0.296 e. The van der Waals surface area contributed by atoms with E-state index in [9.17, 15) is 0 Å². The molecule has 2 heteroatoms. The number of piperidine rings is 1. The van der Waals surface area contributed by atoms with Crippen LogP contribution in [-0.2, 0) is 6.42 Å². The van der Waals surface area contributed by atoms with Crippen LogP contribution in [-0.4, -0.2) is 24.0 Å². The number of nitrogens with zero attached hydrogens (tertiary/aromatic N) is 1. The maximum atomic E-state index is 5.70. The molecule has 1 aromatic carbocycles. The van der Waals surface area contributed by atoms with Gasteiger partial charge in [-0.15, -0.1) is 0 Å². The van der Waals surface area contributed by atoms with E-state index in [1.165, 1.54) is 25.8 Å². The van der Waals surface area contributed by atoms with Crippen LogP contribution in [0, 0.1) is 5.92 Å². The van der Waals surface area contributed by atoms with Gasteiger partial charge in [0, 0.05) is 18.1 Å². The third kappa shape index (κ3) is 2.46. The monoisotopic (exact) mass is 275 g/mol. The highest BCUT2D eigenvalue weighted by Crippen LogP contribution is 2.42. The van der Waals surface area contributed by atoms with Gasteiger partial charge in [0.1, 0.15) is 0 Å². The van der Waals surface area contributed by atoms with Gasteiger partial charge in [0.15, 0.2) is 0 Å². The van der Waals surface area contributed by atoms with Gasteiger partial charge in [0.25, 0.3) is 0 Å². The minimum atomic E-state index is 0.692. The van der Waals surface area contributed by atoms with E-state index in [-0.39, 0.29) is 0 Å². The van der Waals surface area contributed by atoms with Crippen molar-refractivity contribution in [3.05, 3.63) is 47.0 Å². The molecule has 0 spiro atoms. The van der Waals surface area contributed by atoms with Crippen molar-refractivity contribution in [1.29, 1.82) is 0 Å². The SMILES string of the molecule is C[C@@H]1c2ccccc2CC2C1CCCN2CC=CCl. The summed E-state index contributed by atoms with van der Waals surface area (Å²) in [6, 6.07) is 9.70. The Labute approximate surface area is 121 Å². The third-order valence-electron chi connectivity index (χ3n) is 4.99. The second-order valence-corrected chi connectivity index (χ2v) is 6.17. The minimum absolute atomic E-state index is 0.692. The summed E-state index contributed by atoms with van der Waals surface area (Å²) >= 11 is 5.70. The summed E-state index contributed by atoms with van der Waals surface area (Å²) in [5, 5.41) is 0. The quantitative estimate of drug-likeness (QED) is 0.783. The Morgan fingerprint density at radius 1 is 1.37 bits per heavy atom. The lowest BCUT2D eigenvalue weighted by Gasteiger charge is -2.47. The fourth-order valence-corrected chi connectivity index (χ4v) is 4.12. The molecule has 1 aliphatic heterocycles. The zero-order chi connectivity index (χ0) is 13.2. The van der Waals surface area contributed by atoms with Crippen molar-refractivity contribution in [1.82, 2.24) is 4.90 Å². The van der Waals surface area contributed by atoms with E-state index in [1.54, 1.807) is 16.7 Å². The van der Waals surface area contributed by atoms with E-state index in [0.717, 1.165) is 12.5 Å². The molecule has 1 aromatic rings. The molecule has 1 aliphatic carbocycles. The van der Waals surface area contributed by atoms with Crippen molar-refractivity contribution >= 4 is 11.6 Å². The van der Waals surface area contributed by atoms with Gasteiger partial charge in [-0.05, 0) is 48.8 Å². The molecule has 2 unspecified atom stereocenters. The molecular formula is C17H22ClN. The number of fused-ring (bicyclic) bond motifs is 2. The summed E-state index contributed by atoms with van der Waals surface area (Å²) in [6.45, 7) is 4.63. The third-order valence-corrected chi connectivity index (χ3v) is 5.17. The largest absolute Gasteiger partial charge is 0.296 e. The molecule has 3 rings (SSSR count). The zero-order valence-corrected chi connectivity index (χ0v) is 12.3. The molecule has 0 bridgehead atoms. The average molecular weight is 276 g/mol. The molecule has 1 nitrogen and oxygen atoms in total. The molecule has 1 saturated heterocycles. The Bertz CT molecular complexity index is 468. The predicted molar refractivity (Wildman–Crippen MR) is 81.6 cm³/mol. The smallest absolute Gasteiger partial charge is 0.0177 e. The van der Waals surface area contributed by atoms with Crippen LogP contribution < -0.4 is 0 Å². The lowest BCUT2D eigenvalue weighted by atomic mass is 9.69. The Morgan fingerprint density at radius 3 is 3.05 bits per heavy atom. The maximum absolute atomic E-state index is 5.70. The van der Waals surface area contributed by atoms with Crippen LogP contribution in [0.1, 0.15) is 36.8 Å². The summed E-state index contributed by atoms with van der Waals surface area (Å²) in [4.78, 5) is 2.62. The first-order chi connectivity index (χ1) is 9.31. The topological polar surface area (TPSA) is 3.24 Å². The summed E-state index contributed by atoms with van der Waals surface area (Å²) < 4.78 is 0. The molecule has 0 radical (unpaired) electrons. The van der Waals surface area contributed by atoms with Gasteiger partial charge >= 0.3 is 0 Å². The molecule has 1 heterocycles. The second-order valence-electron chi connectivity index (χ2n) is 5.92. The summed E-state index contributed by atoms with van der Waals surface area (Å²) in [5.74, 6) is 1.50. The average Bonchev–Trinajstić information content (AvgIpc) is 2.46. The number of halogens is 1. The Kier molecular flexibility index (Phi) is 3.95. The van der Waals surface area contributed by atoms with Crippen molar-refractivity contribution in [3.63, 3.8) is 0 Å². The molecule has 0 aromatic heterocycles. The van der Waals surface area contributed by atoms with Crippen molar-refractivity contribution in [2.24, 2.45) is 5.92 Å². The van der Waals surface area contributed by atoms with E-state index in [1.807, 2.05) is 0 Å². The highest BCUT2D eigenvalue weighted by Gasteiger charge is 2.38.